The van der Waals surface area contributed by atoms with Gasteiger partial charge in [-0.05, 0) is 38.5 Å². The summed E-state index contributed by atoms with van der Waals surface area (Å²) in [5, 5.41) is 39.9. The highest BCUT2D eigenvalue weighted by Gasteiger charge is 2.47. The topological polar surface area (TPSA) is 169 Å². The molecule has 0 aromatic heterocycles. The molecule has 60 heavy (non-hydrogen) atoms. The summed E-state index contributed by atoms with van der Waals surface area (Å²) in [6.07, 6.45) is 35.2. The first-order valence-electron chi connectivity index (χ1n) is 24.4. The number of hydrogen-bond acceptors (Lipinski definition) is 10. The predicted molar refractivity (Wildman–Crippen MR) is 238 cm³/mol. The Morgan fingerprint density at radius 2 is 0.967 bits per heavy atom. The van der Waals surface area contributed by atoms with Crippen molar-refractivity contribution < 1.29 is 53.8 Å². The second-order valence-corrected chi connectivity index (χ2v) is 17.0. The fourth-order valence-electron chi connectivity index (χ4n) is 7.45. The number of aliphatic carboxylic acids is 1. The van der Waals surface area contributed by atoms with Crippen molar-refractivity contribution >= 4 is 17.9 Å². The van der Waals surface area contributed by atoms with Crippen molar-refractivity contribution in [2.75, 3.05) is 13.2 Å². The van der Waals surface area contributed by atoms with Gasteiger partial charge in [0.1, 0.15) is 24.9 Å². The molecule has 0 aromatic carbocycles. The average molecular weight is 853 g/mol. The first kappa shape index (κ1) is 55.7. The van der Waals surface area contributed by atoms with Crippen LogP contribution in [0.5, 0.6) is 0 Å². The lowest BCUT2D eigenvalue weighted by atomic mass is 9.99. The highest BCUT2D eigenvalue weighted by atomic mass is 16.7. The van der Waals surface area contributed by atoms with Gasteiger partial charge in [0.2, 0.25) is 0 Å². The predicted octanol–water partition coefficient (Wildman–Crippen LogP) is 11.0. The van der Waals surface area contributed by atoms with E-state index in [1.165, 1.54) is 116 Å². The molecular formula is C49H88O11. The first-order chi connectivity index (χ1) is 29.2. The van der Waals surface area contributed by atoms with Crippen molar-refractivity contribution in [3.05, 3.63) is 24.3 Å². The van der Waals surface area contributed by atoms with Crippen molar-refractivity contribution in [3.63, 3.8) is 0 Å². The molecule has 4 N–H and O–H groups in total. The summed E-state index contributed by atoms with van der Waals surface area (Å²) in [6, 6.07) is 0. The highest BCUT2D eigenvalue weighted by molar-refractivity contribution is 5.73. The van der Waals surface area contributed by atoms with E-state index in [1.54, 1.807) is 0 Å². The summed E-state index contributed by atoms with van der Waals surface area (Å²) in [4.78, 5) is 36.9. The molecule has 0 saturated carbocycles. The lowest BCUT2D eigenvalue weighted by Crippen LogP contribution is -2.60. The third-order valence-electron chi connectivity index (χ3n) is 11.3. The summed E-state index contributed by atoms with van der Waals surface area (Å²) < 4.78 is 21.8. The zero-order valence-corrected chi connectivity index (χ0v) is 38.0. The number of carboxylic acids is 1. The van der Waals surface area contributed by atoms with Gasteiger partial charge in [0.15, 0.2) is 18.5 Å². The van der Waals surface area contributed by atoms with E-state index in [9.17, 15) is 34.8 Å². The molecule has 0 amide bonds. The Bertz CT molecular complexity index is 1100. The number of carbonyl (C=O) groups is 3. The number of allylic oxidation sites excluding steroid dienone is 4. The van der Waals surface area contributed by atoms with Gasteiger partial charge in [-0.2, -0.15) is 0 Å². The molecule has 1 saturated heterocycles. The van der Waals surface area contributed by atoms with Gasteiger partial charge in [-0.3, -0.25) is 9.59 Å². The third kappa shape index (κ3) is 30.7. The SMILES string of the molecule is CCC/C=C\C/C=C\CCCCCCCC(=O)OCC(COC1OC(C(=O)O)C(O)C(O)C1O)OC(=O)CCCCCCCCCCCCCCCCCCCCCCC. The molecule has 11 heteroatoms. The Morgan fingerprint density at radius 1 is 0.517 bits per heavy atom. The molecule has 0 radical (unpaired) electrons. The molecule has 6 atom stereocenters. The van der Waals surface area contributed by atoms with Crippen molar-refractivity contribution in [3.8, 4) is 0 Å². The van der Waals surface area contributed by atoms with Gasteiger partial charge in [0, 0.05) is 12.8 Å². The van der Waals surface area contributed by atoms with Crippen molar-refractivity contribution in [2.45, 2.75) is 256 Å². The number of aliphatic hydroxyl groups excluding tert-OH is 3. The second-order valence-electron chi connectivity index (χ2n) is 17.0. The Morgan fingerprint density at radius 3 is 1.45 bits per heavy atom. The molecule has 6 unspecified atom stereocenters. The maximum Gasteiger partial charge on any atom is 0.335 e. The zero-order valence-electron chi connectivity index (χ0n) is 38.0. The Balaban J connectivity index is 2.30. The normalized spacial score (nSPS) is 19.9. The van der Waals surface area contributed by atoms with Gasteiger partial charge < -0.3 is 39.4 Å². The van der Waals surface area contributed by atoms with Gasteiger partial charge in [-0.25, -0.2) is 4.79 Å². The number of unbranched alkanes of at least 4 members (excludes halogenated alkanes) is 26. The van der Waals surface area contributed by atoms with E-state index >= 15 is 0 Å². The molecule has 1 fully saturated rings. The van der Waals surface area contributed by atoms with E-state index in [1.807, 2.05) is 0 Å². The summed E-state index contributed by atoms with van der Waals surface area (Å²) in [5.74, 6) is -2.45. The highest BCUT2D eigenvalue weighted by Crippen LogP contribution is 2.23. The van der Waals surface area contributed by atoms with E-state index in [4.69, 9.17) is 18.9 Å². The molecule has 0 aliphatic carbocycles. The van der Waals surface area contributed by atoms with Gasteiger partial charge in [0.25, 0.3) is 0 Å². The summed E-state index contributed by atoms with van der Waals surface area (Å²) >= 11 is 0. The van der Waals surface area contributed by atoms with Crippen LogP contribution in [0.1, 0.15) is 219 Å². The fourth-order valence-corrected chi connectivity index (χ4v) is 7.45. The molecule has 1 heterocycles. The van der Waals surface area contributed by atoms with Gasteiger partial charge >= 0.3 is 17.9 Å². The molecule has 0 aromatic rings. The maximum absolute atomic E-state index is 12.8. The van der Waals surface area contributed by atoms with Crippen molar-refractivity contribution in [1.29, 1.82) is 0 Å². The molecule has 11 nitrogen and oxygen atoms in total. The van der Waals surface area contributed by atoms with Gasteiger partial charge in [-0.15, -0.1) is 0 Å². The van der Waals surface area contributed by atoms with Crippen LogP contribution in [-0.4, -0.2) is 88.4 Å². The van der Waals surface area contributed by atoms with E-state index in [-0.39, 0.29) is 19.4 Å². The number of carboxylic acid groups (broad SMARTS) is 1. The number of ether oxygens (including phenoxy) is 4. The number of carbonyl (C=O) groups excluding carboxylic acids is 2. The molecule has 1 rings (SSSR count). The molecule has 0 bridgehead atoms. The molecule has 350 valence electrons. The Labute approximate surface area is 364 Å². The van der Waals surface area contributed by atoms with Crippen LogP contribution >= 0.6 is 0 Å². The largest absolute Gasteiger partial charge is 0.479 e. The van der Waals surface area contributed by atoms with Crippen LogP contribution < -0.4 is 0 Å². The van der Waals surface area contributed by atoms with Crippen molar-refractivity contribution in [2.24, 2.45) is 0 Å². The minimum absolute atomic E-state index is 0.184. The minimum Gasteiger partial charge on any atom is -0.479 e. The van der Waals surface area contributed by atoms with Crippen LogP contribution in [0, 0.1) is 0 Å². The van der Waals surface area contributed by atoms with Crippen LogP contribution in [0.25, 0.3) is 0 Å². The average Bonchev–Trinajstić information content (AvgIpc) is 3.23. The van der Waals surface area contributed by atoms with Crippen molar-refractivity contribution in [1.82, 2.24) is 0 Å². The summed E-state index contributed by atoms with van der Waals surface area (Å²) in [7, 11) is 0. The Hall–Kier alpha value is -2.31. The van der Waals surface area contributed by atoms with Crippen LogP contribution in [0.4, 0.5) is 0 Å². The Kier molecular flexibility index (Phi) is 36.7. The maximum atomic E-state index is 12.8. The third-order valence-corrected chi connectivity index (χ3v) is 11.3. The lowest BCUT2D eigenvalue weighted by molar-refractivity contribution is -0.298. The molecule has 1 aliphatic rings. The van der Waals surface area contributed by atoms with E-state index in [2.05, 4.69) is 38.2 Å². The number of rotatable bonds is 41. The standard InChI is InChI=1S/C49H88O11/c1-3-5-7-9-11-13-15-17-18-19-20-21-22-23-24-26-28-30-32-34-36-38-43(51)59-41(40-58-49-46(54)44(52)45(53)47(60-49)48(55)56)39-57-42(50)37-35-33-31-29-27-25-16-14-12-10-8-6-4-2/h8,10,14,16,41,44-47,49,52-54H,3-7,9,11-13,15,17-40H2,1-2H3,(H,55,56)/b10-8-,16-14-. The lowest BCUT2D eigenvalue weighted by Gasteiger charge is -2.38. The molecular weight excluding hydrogens is 765 g/mol. The number of esters is 2. The van der Waals surface area contributed by atoms with Crippen LogP contribution in [-0.2, 0) is 33.3 Å². The monoisotopic (exact) mass is 853 g/mol. The minimum atomic E-state index is -1.86. The number of hydrogen-bond donors (Lipinski definition) is 4. The van der Waals surface area contributed by atoms with Crippen LogP contribution in [0.15, 0.2) is 24.3 Å². The molecule has 1 aliphatic heterocycles. The van der Waals surface area contributed by atoms with E-state index in [0.717, 1.165) is 64.2 Å². The van der Waals surface area contributed by atoms with Gasteiger partial charge in [0.05, 0.1) is 6.61 Å². The smallest absolute Gasteiger partial charge is 0.335 e. The van der Waals surface area contributed by atoms with E-state index < -0.39 is 61.3 Å². The zero-order chi connectivity index (χ0) is 43.9. The summed E-state index contributed by atoms with van der Waals surface area (Å²) in [5.41, 5.74) is 0. The van der Waals surface area contributed by atoms with E-state index in [0.29, 0.717) is 12.8 Å². The van der Waals surface area contributed by atoms with Gasteiger partial charge in [-0.1, -0.05) is 192 Å². The number of aliphatic hydroxyl groups is 3. The summed E-state index contributed by atoms with van der Waals surface area (Å²) in [6.45, 7) is 3.76. The van der Waals surface area contributed by atoms with Crippen LogP contribution in [0.3, 0.4) is 0 Å². The fraction of sp³-hybridized carbons (Fsp3) is 0.857. The second kappa shape index (κ2) is 39.5. The van der Waals surface area contributed by atoms with Crippen LogP contribution in [0.2, 0.25) is 0 Å². The molecule has 0 spiro atoms. The first-order valence-corrected chi connectivity index (χ1v) is 24.4. The quantitative estimate of drug-likeness (QED) is 0.0262.